The van der Waals surface area contributed by atoms with Crippen LogP contribution in [0, 0.1) is 0 Å². The molecule has 0 aliphatic carbocycles. The van der Waals surface area contributed by atoms with Crippen LogP contribution in [0.4, 0.5) is 0 Å². The highest BCUT2D eigenvalue weighted by Crippen LogP contribution is 2.16. The van der Waals surface area contributed by atoms with E-state index in [0.29, 0.717) is 25.2 Å². The molecule has 1 heterocycles. The SMILES string of the molecule is CC1CN(C(=O)c2ccc(CNC(=O)CC(N)c3ccccc3)cc2)CC(C)O1.Cl. The first-order valence-corrected chi connectivity index (χ1v) is 10.0. The van der Waals surface area contributed by atoms with E-state index in [-0.39, 0.29) is 48.9 Å². The van der Waals surface area contributed by atoms with E-state index in [1.807, 2.05) is 73.3 Å². The molecule has 0 saturated carbocycles. The van der Waals surface area contributed by atoms with Gasteiger partial charge in [-0.25, -0.2) is 0 Å². The van der Waals surface area contributed by atoms with Crippen molar-refractivity contribution < 1.29 is 14.3 Å². The number of amides is 2. The van der Waals surface area contributed by atoms with Crippen molar-refractivity contribution >= 4 is 24.2 Å². The lowest BCUT2D eigenvalue weighted by molar-refractivity contribution is -0.121. The van der Waals surface area contributed by atoms with Gasteiger partial charge in [0.05, 0.1) is 12.2 Å². The van der Waals surface area contributed by atoms with Crippen LogP contribution in [0.5, 0.6) is 0 Å². The Morgan fingerprint density at radius 2 is 1.67 bits per heavy atom. The molecule has 0 aromatic heterocycles. The maximum Gasteiger partial charge on any atom is 0.254 e. The van der Waals surface area contributed by atoms with E-state index >= 15 is 0 Å². The lowest BCUT2D eigenvalue weighted by Gasteiger charge is -2.35. The summed E-state index contributed by atoms with van der Waals surface area (Å²) in [6.45, 7) is 5.56. The van der Waals surface area contributed by atoms with Crippen molar-refractivity contribution in [1.82, 2.24) is 10.2 Å². The third-order valence-corrected chi connectivity index (χ3v) is 5.03. The Labute approximate surface area is 184 Å². The summed E-state index contributed by atoms with van der Waals surface area (Å²) in [5.74, 6) is -0.0887. The molecule has 1 saturated heterocycles. The quantitative estimate of drug-likeness (QED) is 0.736. The average molecular weight is 432 g/mol. The molecule has 1 fully saturated rings. The number of halogens is 1. The Morgan fingerprint density at radius 3 is 2.27 bits per heavy atom. The highest BCUT2D eigenvalue weighted by molar-refractivity contribution is 5.94. The number of hydrogen-bond acceptors (Lipinski definition) is 4. The molecule has 2 amide bonds. The molecule has 162 valence electrons. The van der Waals surface area contributed by atoms with E-state index in [9.17, 15) is 9.59 Å². The fourth-order valence-electron chi connectivity index (χ4n) is 3.58. The molecule has 0 bridgehead atoms. The first-order chi connectivity index (χ1) is 13.9. The zero-order chi connectivity index (χ0) is 20.8. The molecule has 3 atom stereocenters. The highest BCUT2D eigenvalue weighted by atomic mass is 35.5. The van der Waals surface area contributed by atoms with Crippen molar-refractivity contribution in [3.05, 3.63) is 71.3 Å². The number of carbonyl (C=O) groups is 2. The van der Waals surface area contributed by atoms with E-state index < -0.39 is 0 Å². The van der Waals surface area contributed by atoms with Gasteiger partial charge in [0.15, 0.2) is 0 Å². The van der Waals surface area contributed by atoms with Gasteiger partial charge in [-0.1, -0.05) is 42.5 Å². The van der Waals surface area contributed by atoms with E-state index in [0.717, 1.165) is 11.1 Å². The summed E-state index contributed by atoms with van der Waals surface area (Å²) in [5.41, 5.74) is 8.62. The molecule has 2 aromatic rings. The second kappa shape index (κ2) is 11.1. The Hall–Kier alpha value is -2.41. The van der Waals surface area contributed by atoms with Crippen LogP contribution in [-0.4, -0.2) is 42.0 Å². The summed E-state index contributed by atoms with van der Waals surface area (Å²) in [5, 5.41) is 2.89. The Balaban J connectivity index is 0.00000320. The van der Waals surface area contributed by atoms with E-state index in [2.05, 4.69) is 5.32 Å². The molecule has 6 nitrogen and oxygen atoms in total. The van der Waals surface area contributed by atoms with Gasteiger partial charge in [0.2, 0.25) is 5.91 Å². The molecule has 7 heteroatoms. The summed E-state index contributed by atoms with van der Waals surface area (Å²) in [7, 11) is 0. The van der Waals surface area contributed by atoms with Crippen molar-refractivity contribution in [2.45, 2.75) is 45.1 Å². The molecule has 30 heavy (non-hydrogen) atoms. The fourth-order valence-corrected chi connectivity index (χ4v) is 3.58. The molecule has 3 rings (SSSR count). The highest BCUT2D eigenvalue weighted by Gasteiger charge is 2.26. The van der Waals surface area contributed by atoms with Crippen LogP contribution in [0.1, 0.15) is 47.8 Å². The van der Waals surface area contributed by atoms with Crippen LogP contribution in [-0.2, 0) is 16.1 Å². The van der Waals surface area contributed by atoms with Gasteiger partial charge < -0.3 is 20.7 Å². The van der Waals surface area contributed by atoms with Crippen LogP contribution in [0.2, 0.25) is 0 Å². The first kappa shape index (κ1) is 23.9. The predicted octanol–water partition coefficient (Wildman–Crippen LogP) is 3.06. The Bertz CT molecular complexity index is 819. The standard InChI is InChI=1S/C23H29N3O3.ClH/c1-16-14-26(15-17(2)29-16)23(28)20-10-8-18(9-11-20)13-25-22(27)12-21(24)19-6-4-3-5-7-19;/h3-11,16-17,21H,12-15,24H2,1-2H3,(H,25,27);1H. The van der Waals surface area contributed by atoms with Crippen molar-refractivity contribution in [3.63, 3.8) is 0 Å². The minimum Gasteiger partial charge on any atom is -0.372 e. The Morgan fingerprint density at radius 1 is 1.07 bits per heavy atom. The number of hydrogen-bond donors (Lipinski definition) is 2. The molecule has 1 aliphatic rings. The average Bonchev–Trinajstić information content (AvgIpc) is 2.72. The van der Waals surface area contributed by atoms with Gasteiger partial charge >= 0.3 is 0 Å². The molecule has 0 spiro atoms. The Kier molecular flexibility index (Phi) is 8.84. The first-order valence-electron chi connectivity index (χ1n) is 10.0. The molecule has 3 unspecified atom stereocenters. The predicted molar refractivity (Wildman–Crippen MR) is 119 cm³/mol. The lowest BCUT2D eigenvalue weighted by Crippen LogP contribution is -2.48. The fraction of sp³-hybridized carbons (Fsp3) is 0.391. The van der Waals surface area contributed by atoms with Crippen LogP contribution in [0.25, 0.3) is 0 Å². The maximum absolute atomic E-state index is 12.7. The summed E-state index contributed by atoms with van der Waals surface area (Å²) < 4.78 is 5.69. The molecular weight excluding hydrogens is 402 g/mol. The summed E-state index contributed by atoms with van der Waals surface area (Å²) in [4.78, 5) is 26.7. The summed E-state index contributed by atoms with van der Waals surface area (Å²) in [6, 6.07) is 16.6. The second-order valence-electron chi connectivity index (χ2n) is 7.66. The zero-order valence-electron chi connectivity index (χ0n) is 17.4. The van der Waals surface area contributed by atoms with Crippen molar-refractivity contribution in [3.8, 4) is 0 Å². The van der Waals surface area contributed by atoms with Gasteiger partial charge in [-0.05, 0) is 37.1 Å². The number of morpholine rings is 1. The topological polar surface area (TPSA) is 84.7 Å². The third kappa shape index (κ3) is 6.55. The smallest absolute Gasteiger partial charge is 0.254 e. The van der Waals surface area contributed by atoms with Gasteiger partial charge in [0.1, 0.15) is 0 Å². The number of carbonyl (C=O) groups excluding carboxylic acids is 2. The number of benzene rings is 2. The molecule has 0 radical (unpaired) electrons. The monoisotopic (exact) mass is 431 g/mol. The van der Waals surface area contributed by atoms with Crippen LogP contribution in [0.3, 0.4) is 0 Å². The van der Waals surface area contributed by atoms with Crippen molar-refractivity contribution in [1.29, 1.82) is 0 Å². The van der Waals surface area contributed by atoms with Crippen LogP contribution in [0.15, 0.2) is 54.6 Å². The van der Waals surface area contributed by atoms with Gasteiger partial charge in [0, 0.05) is 37.7 Å². The van der Waals surface area contributed by atoms with Crippen molar-refractivity contribution in [2.75, 3.05) is 13.1 Å². The molecule has 1 aliphatic heterocycles. The number of nitrogens with one attached hydrogen (secondary N) is 1. The summed E-state index contributed by atoms with van der Waals surface area (Å²) in [6.07, 6.45) is 0.312. The third-order valence-electron chi connectivity index (χ3n) is 5.03. The van der Waals surface area contributed by atoms with E-state index in [1.165, 1.54) is 0 Å². The van der Waals surface area contributed by atoms with Gasteiger partial charge in [0.25, 0.3) is 5.91 Å². The molecule has 3 N–H and O–H groups in total. The van der Waals surface area contributed by atoms with Crippen LogP contribution >= 0.6 is 12.4 Å². The lowest BCUT2D eigenvalue weighted by atomic mass is 10.0. The minimum atomic E-state index is -0.325. The number of nitrogens with zero attached hydrogens (tertiary/aromatic N) is 1. The summed E-state index contributed by atoms with van der Waals surface area (Å²) >= 11 is 0. The van der Waals surface area contributed by atoms with Gasteiger partial charge in [-0.3, -0.25) is 9.59 Å². The normalized spacial score (nSPS) is 19.5. The minimum absolute atomic E-state index is 0. The maximum atomic E-state index is 12.7. The number of nitrogens with two attached hydrogens (primary N) is 1. The van der Waals surface area contributed by atoms with Crippen molar-refractivity contribution in [2.24, 2.45) is 5.73 Å². The van der Waals surface area contributed by atoms with Crippen LogP contribution < -0.4 is 11.1 Å². The largest absolute Gasteiger partial charge is 0.372 e. The van der Waals surface area contributed by atoms with E-state index in [1.54, 1.807) is 0 Å². The van der Waals surface area contributed by atoms with Gasteiger partial charge in [-0.15, -0.1) is 12.4 Å². The van der Waals surface area contributed by atoms with Gasteiger partial charge in [-0.2, -0.15) is 0 Å². The number of ether oxygens (including phenoxy) is 1. The second-order valence-corrected chi connectivity index (χ2v) is 7.66. The molecule has 2 aromatic carbocycles. The molecular formula is C23H30ClN3O3. The number of rotatable bonds is 6. The zero-order valence-corrected chi connectivity index (χ0v) is 18.2. The van der Waals surface area contributed by atoms with E-state index in [4.69, 9.17) is 10.5 Å².